The molecule has 3 aromatic rings. The average Bonchev–Trinajstić information content (AvgIpc) is 3.39. The molecule has 48 heavy (non-hydrogen) atoms. The Balaban J connectivity index is 1.49. The van der Waals surface area contributed by atoms with E-state index in [-0.39, 0.29) is 39.7 Å². The van der Waals surface area contributed by atoms with Gasteiger partial charge in [-0.2, -0.15) is 10.1 Å². The van der Waals surface area contributed by atoms with E-state index in [0.717, 1.165) is 35.3 Å². The topological polar surface area (TPSA) is 136 Å². The molecule has 2 heterocycles. The number of phenols is 1. The number of halogens is 5. The standard InChI is InChI=1S/C33H24ClF4N3O7/c34-16-3-1-15(2-4-16)32-24(29(44)40(31(32)46)39-18-7-5-17(35)6-8-18)14-22-20(10-11-21-26(22)30(45)41(47)28(21)43)27(32)23-13-19(9-12-25(23)42)48-33(36,37)38/h1-10,12-13,21-22,24,26-27,39,42,47H,11,14H2. The first kappa shape index (κ1) is 31.6. The Bertz CT molecular complexity index is 1900. The smallest absolute Gasteiger partial charge is 0.508 e. The van der Waals surface area contributed by atoms with Crippen molar-refractivity contribution >= 4 is 40.9 Å². The van der Waals surface area contributed by atoms with Gasteiger partial charge in [-0.1, -0.05) is 35.4 Å². The molecular formula is C33H24ClF4N3O7. The third kappa shape index (κ3) is 4.72. The van der Waals surface area contributed by atoms with Crippen molar-refractivity contribution in [1.29, 1.82) is 0 Å². The molecule has 3 aromatic carbocycles. The van der Waals surface area contributed by atoms with Crippen LogP contribution in [0.4, 0.5) is 23.2 Å². The number of nitrogens with zero attached hydrogens (tertiary/aromatic N) is 2. The van der Waals surface area contributed by atoms with Crippen molar-refractivity contribution in [3.8, 4) is 11.5 Å². The first-order valence-corrected chi connectivity index (χ1v) is 15.1. The summed E-state index contributed by atoms with van der Waals surface area (Å²) in [4.78, 5) is 55.5. The van der Waals surface area contributed by atoms with Crippen molar-refractivity contribution in [2.24, 2.45) is 23.7 Å². The fourth-order valence-electron chi connectivity index (χ4n) is 7.94. The maximum Gasteiger partial charge on any atom is 0.573 e. The SMILES string of the molecule is O=C1C2CC=C3C(CC4C(=O)N(Nc5ccc(F)cc5)C(=O)C4(c4ccc(Cl)cc4)C3c3cc(OC(F)(F)F)ccc3O)C2C(=O)N1O. The van der Waals surface area contributed by atoms with Gasteiger partial charge >= 0.3 is 6.36 Å². The number of carbonyl (C=O) groups is 4. The zero-order chi connectivity index (χ0) is 34.3. The largest absolute Gasteiger partial charge is 0.573 e. The second-order valence-electron chi connectivity index (χ2n) is 12.1. The molecule has 3 fully saturated rings. The Morgan fingerprint density at radius 2 is 1.60 bits per heavy atom. The van der Waals surface area contributed by atoms with Crippen LogP contribution in [0.15, 0.2) is 78.4 Å². The summed E-state index contributed by atoms with van der Waals surface area (Å²) in [5.41, 5.74) is 1.25. The lowest BCUT2D eigenvalue weighted by Crippen LogP contribution is -2.53. The molecule has 2 saturated heterocycles. The number of hydrogen-bond donors (Lipinski definition) is 3. The number of benzene rings is 3. The first-order chi connectivity index (χ1) is 22.7. The van der Waals surface area contributed by atoms with Gasteiger partial charge in [-0.25, -0.2) is 4.39 Å². The predicted octanol–water partition coefficient (Wildman–Crippen LogP) is 5.46. The molecule has 0 spiro atoms. The Labute approximate surface area is 274 Å². The number of carbonyl (C=O) groups excluding carboxylic acids is 4. The zero-order valence-electron chi connectivity index (χ0n) is 24.4. The molecule has 1 saturated carbocycles. The Morgan fingerprint density at radius 1 is 0.917 bits per heavy atom. The number of hydrazine groups is 1. The second kappa shape index (κ2) is 11.1. The summed E-state index contributed by atoms with van der Waals surface area (Å²) < 4.78 is 58.1. The quantitative estimate of drug-likeness (QED) is 0.140. The minimum atomic E-state index is -5.12. The highest BCUT2D eigenvalue weighted by Crippen LogP contribution is 2.65. The number of amides is 4. The average molecular weight is 686 g/mol. The molecule has 248 valence electrons. The highest BCUT2D eigenvalue weighted by Gasteiger charge is 2.70. The van der Waals surface area contributed by atoms with Gasteiger partial charge in [0.15, 0.2) is 0 Å². The van der Waals surface area contributed by atoms with E-state index in [2.05, 4.69) is 10.2 Å². The van der Waals surface area contributed by atoms with E-state index < -0.39 is 82.3 Å². The number of phenolic OH excluding ortho intramolecular Hbond substituents is 1. The number of hydroxylamine groups is 2. The number of alkyl halides is 3. The van der Waals surface area contributed by atoms with Gasteiger partial charge in [0.2, 0.25) is 0 Å². The molecule has 10 nitrogen and oxygen atoms in total. The number of aromatic hydroxyl groups is 1. The second-order valence-corrected chi connectivity index (χ2v) is 12.6. The third-order valence-corrected chi connectivity index (χ3v) is 10.0. The Kier molecular flexibility index (Phi) is 7.29. The van der Waals surface area contributed by atoms with Crippen LogP contribution in [-0.4, -0.2) is 50.4 Å². The molecule has 4 amide bonds. The highest BCUT2D eigenvalue weighted by molar-refractivity contribution is 6.30. The molecule has 15 heteroatoms. The van der Waals surface area contributed by atoms with Crippen LogP contribution < -0.4 is 10.2 Å². The van der Waals surface area contributed by atoms with E-state index in [1.54, 1.807) is 6.08 Å². The lowest BCUT2D eigenvalue weighted by Gasteiger charge is -2.50. The van der Waals surface area contributed by atoms with Crippen LogP contribution in [0, 0.1) is 29.5 Å². The van der Waals surface area contributed by atoms with Crippen LogP contribution in [0.2, 0.25) is 5.02 Å². The Hall–Kier alpha value is -4.95. The summed E-state index contributed by atoms with van der Waals surface area (Å²) in [5.74, 6) is -11.1. The van der Waals surface area contributed by atoms with Crippen molar-refractivity contribution in [3.05, 3.63) is 100 Å². The van der Waals surface area contributed by atoms with Gasteiger partial charge in [0.25, 0.3) is 23.6 Å². The number of nitrogens with one attached hydrogen (secondary N) is 1. The lowest BCUT2D eigenvalue weighted by molar-refractivity contribution is -0.274. The van der Waals surface area contributed by atoms with E-state index >= 15 is 0 Å². The molecule has 0 aromatic heterocycles. The lowest BCUT2D eigenvalue weighted by atomic mass is 9.49. The van der Waals surface area contributed by atoms with Gasteiger partial charge in [-0.3, -0.25) is 29.8 Å². The molecule has 6 unspecified atom stereocenters. The van der Waals surface area contributed by atoms with Crippen molar-refractivity contribution in [2.45, 2.75) is 30.5 Å². The zero-order valence-corrected chi connectivity index (χ0v) is 25.2. The van der Waals surface area contributed by atoms with E-state index in [1.165, 1.54) is 36.4 Å². The number of fused-ring (bicyclic) bond motifs is 4. The van der Waals surface area contributed by atoms with Gasteiger partial charge in [-0.05, 0) is 78.9 Å². The first-order valence-electron chi connectivity index (χ1n) is 14.7. The highest BCUT2D eigenvalue weighted by atomic mass is 35.5. The van der Waals surface area contributed by atoms with Crippen molar-refractivity contribution in [2.75, 3.05) is 5.43 Å². The fraction of sp³-hybridized carbons (Fsp3) is 0.273. The van der Waals surface area contributed by atoms with E-state index in [4.69, 9.17) is 11.6 Å². The molecule has 2 aliphatic heterocycles. The molecule has 0 radical (unpaired) electrons. The van der Waals surface area contributed by atoms with Crippen LogP contribution >= 0.6 is 11.6 Å². The summed E-state index contributed by atoms with van der Waals surface area (Å²) >= 11 is 6.20. The van der Waals surface area contributed by atoms with E-state index in [0.29, 0.717) is 5.57 Å². The normalized spacial score (nSPS) is 28.2. The van der Waals surface area contributed by atoms with Crippen LogP contribution in [0.1, 0.15) is 29.9 Å². The van der Waals surface area contributed by atoms with Gasteiger partial charge < -0.3 is 9.84 Å². The fourth-order valence-corrected chi connectivity index (χ4v) is 8.07. The number of imide groups is 2. The molecule has 4 aliphatic rings. The van der Waals surface area contributed by atoms with E-state index in [9.17, 15) is 47.1 Å². The van der Waals surface area contributed by atoms with Crippen molar-refractivity contribution in [3.63, 3.8) is 0 Å². The molecule has 0 bridgehead atoms. The summed E-state index contributed by atoms with van der Waals surface area (Å²) in [6, 6.07) is 13.5. The Morgan fingerprint density at radius 3 is 2.27 bits per heavy atom. The number of anilines is 1. The molecular weight excluding hydrogens is 662 g/mol. The summed E-state index contributed by atoms with van der Waals surface area (Å²) in [6.45, 7) is 0. The summed E-state index contributed by atoms with van der Waals surface area (Å²) in [5, 5.41) is 22.6. The van der Waals surface area contributed by atoms with Crippen LogP contribution in [0.3, 0.4) is 0 Å². The van der Waals surface area contributed by atoms with Gasteiger partial charge in [0, 0.05) is 16.5 Å². The predicted molar refractivity (Wildman–Crippen MR) is 157 cm³/mol. The molecule has 6 atom stereocenters. The van der Waals surface area contributed by atoms with Crippen molar-refractivity contribution < 1.29 is 51.8 Å². The maximum absolute atomic E-state index is 15.0. The van der Waals surface area contributed by atoms with Gasteiger partial charge in [0.1, 0.15) is 17.3 Å². The van der Waals surface area contributed by atoms with Crippen LogP contribution in [0.5, 0.6) is 11.5 Å². The van der Waals surface area contributed by atoms with Crippen molar-refractivity contribution in [1.82, 2.24) is 10.1 Å². The number of rotatable bonds is 5. The molecule has 2 aliphatic carbocycles. The van der Waals surface area contributed by atoms with Crippen LogP contribution in [-0.2, 0) is 24.6 Å². The summed E-state index contributed by atoms with van der Waals surface area (Å²) in [6.07, 6.45) is -3.80. The number of ether oxygens (including phenoxy) is 1. The molecule has 7 rings (SSSR count). The summed E-state index contributed by atoms with van der Waals surface area (Å²) in [7, 11) is 0. The monoisotopic (exact) mass is 685 g/mol. The van der Waals surface area contributed by atoms with Crippen LogP contribution in [0.25, 0.3) is 0 Å². The number of hydrogen-bond acceptors (Lipinski definition) is 8. The minimum Gasteiger partial charge on any atom is -0.508 e. The van der Waals surface area contributed by atoms with Gasteiger partial charge in [-0.15, -0.1) is 13.2 Å². The maximum atomic E-state index is 15.0. The molecule has 3 N–H and O–H groups in total. The number of allylic oxidation sites excluding steroid dienone is 2. The van der Waals surface area contributed by atoms with E-state index in [1.807, 2.05) is 0 Å². The minimum absolute atomic E-state index is 0.0292. The third-order valence-electron chi connectivity index (χ3n) is 9.78. The van der Waals surface area contributed by atoms with Gasteiger partial charge in [0.05, 0.1) is 28.9 Å².